The lowest BCUT2D eigenvalue weighted by molar-refractivity contribution is 0.459. The number of hydrogen-bond donors (Lipinski definition) is 1. The molecule has 100 valence electrons. The minimum atomic E-state index is 0.327. The molecule has 0 atom stereocenters. The van der Waals surface area contributed by atoms with Crippen molar-refractivity contribution in [1.82, 2.24) is 4.98 Å². The van der Waals surface area contributed by atoms with Crippen molar-refractivity contribution in [3.63, 3.8) is 0 Å². The van der Waals surface area contributed by atoms with Gasteiger partial charge in [0.25, 0.3) is 0 Å². The smallest absolute Gasteiger partial charge is 0.222 e. The van der Waals surface area contributed by atoms with E-state index in [4.69, 9.17) is 22.1 Å². The second-order valence-electron chi connectivity index (χ2n) is 4.84. The first-order chi connectivity index (χ1) is 8.95. The molecule has 0 unspecified atom stereocenters. The third kappa shape index (κ3) is 3.38. The number of aromatic nitrogens is 1. The number of ether oxygens (including phenoxy) is 1. The van der Waals surface area contributed by atoms with Gasteiger partial charge < -0.3 is 10.5 Å². The van der Waals surface area contributed by atoms with Crippen molar-refractivity contribution in [2.45, 2.75) is 26.7 Å². The number of nitrogen functional groups attached to an aromatic ring is 1. The average molecular weight is 277 g/mol. The van der Waals surface area contributed by atoms with Gasteiger partial charge in [-0.3, -0.25) is 0 Å². The van der Waals surface area contributed by atoms with Gasteiger partial charge in [-0.05, 0) is 36.1 Å². The highest BCUT2D eigenvalue weighted by Gasteiger charge is 2.07. The number of anilines is 1. The summed E-state index contributed by atoms with van der Waals surface area (Å²) in [5, 5.41) is 0.327. The van der Waals surface area contributed by atoms with E-state index in [1.54, 1.807) is 12.1 Å². The number of rotatable bonds is 3. The summed E-state index contributed by atoms with van der Waals surface area (Å²) in [5.41, 5.74) is 8.52. The van der Waals surface area contributed by atoms with Crippen LogP contribution in [0.5, 0.6) is 11.6 Å². The van der Waals surface area contributed by atoms with Crippen LogP contribution in [0.3, 0.4) is 0 Å². The van der Waals surface area contributed by atoms with Crippen LogP contribution in [0.4, 0.5) is 5.69 Å². The van der Waals surface area contributed by atoms with E-state index >= 15 is 0 Å². The highest BCUT2D eigenvalue weighted by molar-refractivity contribution is 6.29. The topological polar surface area (TPSA) is 48.1 Å². The van der Waals surface area contributed by atoms with Gasteiger partial charge in [0.1, 0.15) is 10.9 Å². The molecule has 1 heterocycles. The Labute approximate surface area is 118 Å². The van der Waals surface area contributed by atoms with E-state index in [-0.39, 0.29) is 0 Å². The van der Waals surface area contributed by atoms with Gasteiger partial charge in [-0.2, -0.15) is 0 Å². The SMILES string of the molecule is Cc1ccc(C(C)C)cc1Oc1cc(N)cc(Cl)n1. The van der Waals surface area contributed by atoms with Gasteiger partial charge in [0, 0.05) is 11.8 Å². The van der Waals surface area contributed by atoms with Crippen molar-refractivity contribution in [3.8, 4) is 11.6 Å². The van der Waals surface area contributed by atoms with E-state index in [0.717, 1.165) is 11.3 Å². The van der Waals surface area contributed by atoms with Crippen molar-refractivity contribution >= 4 is 17.3 Å². The predicted octanol–water partition coefficient (Wildman–Crippen LogP) is 4.54. The van der Waals surface area contributed by atoms with Crippen LogP contribution in [0.2, 0.25) is 5.15 Å². The average Bonchev–Trinajstić information content (AvgIpc) is 2.30. The lowest BCUT2D eigenvalue weighted by atomic mass is 10.0. The Morgan fingerprint density at radius 1 is 1.21 bits per heavy atom. The lowest BCUT2D eigenvalue weighted by Crippen LogP contribution is -1.95. The molecule has 19 heavy (non-hydrogen) atoms. The number of benzene rings is 1. The third-order valence-electron chi connectivity index (χ3n) is 2.89. The standard InChI is InChI=1S/C15H17ClN2O/c1-9(2)11-5-4-10(3)13(6-11)19-15-8-12(17)7-14(16)18-15/h4-9H,1-3H3,(H2,17,18). The number of nitrogens with two attached hydrogens (primary N) is 1. The molecule has 4 heteroatoms. The molecule has 3 nitrogen and oxygen atoms in total. The molecular formula is C15H17ClN2O. The minimum absolute atomic E-state index is 0.327. The number of aryl methyl sites for hydroxylation is 1. The fraction of sp³-hybridized carbons (Fsp3) is 0.267. The van der Waals surface area contributed by atoms with Crippen molar-refractivity contribution in [2.24, 2.45) is 0 Å². The molecule has 0 amide bonds. The summed E-state index contributed by atoms with van der Waals surface area (Å²) in [6, 6.07) is 9.42. The molecule has 1 aromatic carbocycles. The normalized spacial score (nSPS) is 10.8. The van der Waals surface area contributed by atoms with Crippen molar-refractivity contribution < 1.29 is 4.74 Å². The summed E-state index contributed by atoms with van der Waals surface area (Å²) in [5.74, 6) is 1.63. The van der Waals surface area contributed by atoms with Crippen LogP contribution in [0.15, 0.2) is 30.3 Å². The number of pyridine rings is 1. The van der Waals surface area contributed by atoms with E-state index < -0.39 is 0 Å². The summed E-state index contributed by atoms with van der Waals surface area (Å²) in [7, 11) is 0. The molecular weight excluding hydrogens is 260 g/mol. The predicted molar refractivity (Wildman–Crippen MR) is 79.0 cm³/mol. The van der Waals surface area contributed by atoms with Crippen LogP contribution >= 0.6 is 11.6 Å². The Morgan fingerprint density at radius 2 is 1.95 bits per heavy atom. The van der Waals surface area contributed by atoms with Crippen LogP contribution in [0.1, 0.15) is 30.9 Å². The number of hydrogen-bond acceptors (Lipinski definition) is 3. The van der Waals surface area contributed by atoms with Crippen molar-refractivity contribution in [2.75, 3.05) is 5.73 Å². The largest absolute Gasteiger partial charge is 0.439 e. The molecule has 0 aliphatic carbocycles. The van der Waals surface area contributed by atoms with Gasteiger partial charge in [0.15, 0.2) is 0 Å². The van der Waals surface area contributed by atoms with E-state index in [0.29, 0.717) is 22.6 Å². The fourth-order valence-corrected chi connectivity index (χ4v) is 1.95. The summed E-state index contributed by atoms with van der Waals surface area (Å²) in [4.78, 5) is 4.11. The minimum Gasteiger partial charge on any atom is -0.439 e. The van der Waals surface area contributed by atoms with Gasteiger partial charge in [-0.1, -0.05) is 37.6 Å². The summed E-state index contributed by atoms with van der Waals surface area (Å²) in [6.07, 6.45) is 0. The molecule has 0 spiro atoms. The summed E-state index contributed by atoms with van der Waals surface area (Å²) in [6.45, 7) is 6.28. The highest BCUT2D eigenvalue weighted by Crippen LogP contribution is 2.29. The quantitative estimate of drug-likeness (QED) is 0.837. The van der Waals surface area contributed by atoms with Crippen LogP contribution < -0.4 is 10.5 Å². The van der Waals surface area contributed by atoms with Gasteiger partial charge in [-0.25, -0.2) is 4.98 Å². The van der Waals surface area contributed by atoms with Gasteiger partial charge in [-0.15, -0.1) is 0 Å². The van der Waals surface area contributed by atoms with E-state index in [1.165, 1.54) is 5.56 Å². The van der Waals surface area contributed by atoms with Gasteiger partial charge in [0.2, 0.25) is 5.88 Å². The highest BCUT2D eigenvalue weighted by atomic mass is 35.5. The number of nitrogens with zero attached hydrogens (tertiary/aromatic N) is 1. The lowest BCUT2D eigenvalue weighted by Gasteiger charge is -2.12. The fourth-order valence-electron chi connectivity index (χ4n) is 1.74. The molecule has 1 aromatic heterocycles. The first-order valence-electron chi connectivity index (χ1n) is 6.17. The van der Waals surface area contributed by atoms with Gasteiger partial charge in [0.05, 0.1) is 0 Å². The second-order valence-corrected chi connectivity index (χ2v) is 5.23. The van der Waals surface area contributed by atoms with Crippen LogP contribution in [-0.2, 0) is 0 Å². The number of halogens is 1. The molecule has 0 aliphatic heterocycles. The molecule has 0 fully saturated rings. The zero-order chi connectivity index (χ0) is 14.0. The van der Waals surface area contributed by atoms with Crippen LogP contribution in [0.25, 0.3) is 0 Å². The maximum Gasteiger partial charge on any atom is 0.222 e. The molecule has 0 saturated heterocycles. The van der Waals surface area contributed by atoms with E-state index in [9.17, 15) is 0 Å². The summed E-state index contributed by atoms with van der Waals surface area (Å²) < 4.78 is 5.79. The van der Waals surface area contributed by atoms with Crippen LogP contribution in [0, 0.1) is 6.92 Å². The molecule has 2 N–H and O–H groups in total. The molecule has 0 bridgehead atoms. The zero-order valence-corrected chi connectivity index (χ0v) is 12.0. The van der Waals surface area contributed by atoms with E-state index in [1.807, 2.05) is 19.1 Å². The van der Waals surface area contributed by atoms with Crippen molar-refractivity contribution in [3.05, 3.63) is 46.6 Å². The molecule has 0 radical (unpaired) electrons. The van der Waals surface area contributed by atoms with E-state index in [2.05, 4.69) is 24.9 Å². The zero-order valence-electron chi connectivity index (χ0n) is 11.3. The monoisotopic (exact) mass is 276 g/mol. The third-order valence-corrected chi connectivity index (χ3v) is 3.08. The molecule has 2 aromatic rings. The molecule has 2 rings (SSSR count). The molecule has 0 saturated carbocycles. The maximum atomic E-state index is 5.87. The molecule has 0 aliphatic rings. The van der Waals surface area contributed by atoms with Gasteiger partial charge >= 0.3 is 0 Å². The Bertz CT molecular complexity index is 576. The first-order valence-corrected chi connectivity index (χ1v) is 6.55. The Kier molecular flexibility index (Phi) is 3.96. The second kappa shape index (κ2) is 5.49. The Morgan fingerprint density at radius 3 is 2.58 bits per heavy atom. The summed E-state index contributed by atoms with van der Waals surface area (Å²) >= 11 is 5.87. The first kappa shape index (κ1) is 13.7. The van der Waals surface area contributed by atoms with Crippen molar-refractivity contribution in [1.29, 1.82) is 0 Å². The Hall–Kier alpha value is -1.74. The maximum absolute atomic E-state index is 5.87. The Balaban J connectivity index is 2.34. The van der Waals surface area contributed by atoms with Crippen LogP contribution in [-0.4, -0.2) is 4.98 Å².